The predicted octanol–water partition coefficient (Wildman–Crippen LogP) is 3.48. The molecule has 2 aromatic carbocycles. The predicted molar refractivity (Wildman–Crippen MR) is 89.0 cm³/mol. The minimum Gasteiger partial charge on any atom is -0.376 e. The van der Waals surface area contributed by atoms with E-state index in [4.69, 9.17) is 0 Å². The average molecular weight is 285 g/mol. The van der Waals surface area contributed by atoms with Crippen molar-refractivity contribution in [2.45, 2.75) is 53.5 Å². The highest BCUT2D eigenvalue weighted by molar-refractivity contribution is 5.84. The van der Waals surface area contributed by atoms with Gasteiger partial charge < -0.3 is 5.32 Å². The van der Waals surface area contributed by atoms with Gasteiger partial charge in [-0.05, 0) is 63.3 Å². The van der Waals surface area contributed by atoms with Gasteiger partial charge in [0.15, 0.2) is 0 Å². The molecule has 0 fully saturated rings. The summed E-state index contributed by atoms with van der Waals surface area (Å²) in [6.45, 7) is 12.2. The quantitative estimate of drug-likeness (QED) is 0.875. The number of anilines is 1. The second kappa shape index (κ2) is 5.14. The Hall–Kier alpha value is -1.90. The fourth-order valence-electron chi connectivity index (χ4n) is 2.42. The molecule has 3 nitrogen and oxygen atoms in total. The zero-order valence-electron chi connectivity index (χ0n) is 13.7. The molecule has 0 aliphatic heterocycles. The summed E-state index contributed by atoms with van der Waals surface area (Å²) in [6, 6.07) is 4.07. The third-order valence-corrected chi connectivity index (χ3v) is 4.37. The molecule has 0 saturated carbocycles. The lowest BCUT2D eigenvalue weighted by Crippen LogP contribution is -2.42. The standard InChI is InChI=1S/C18H23NO2/c1-7-18(5,6)19-15-14(16(20)17(15)21)13-9-11(3)10(2)8-12(13)4/h8-9,19H,7H2,1-6H3. The van der Waals surface area contributed by atoms with Gasteiger partial charge in [0.1, 0.15) is 0 Å². The minimum absolute atomic E-state index is 0.204. The fourth-order valence-corrected chi connectivity index (χ4v) is 2.42. The monoisotopic (exact) mass is 285 g/mol. The van der Waals surface area contributed by atoms with Crippen LogP contribution in [0.4, 0.5) is 5.69 Å². The van der Waals surface area contributed by atoms with E-state index < -0.39 is 5.43 Å². The van der Waals surface area contributed by atoms with E-state index in [0.717, 1.165) is 23.1 Å². The summed E-state index contributed by atoms with van der Waals surface area (Å²) in [7, 11) is 0. The molecular formula is C18H23NO2. The normalized spacial score (nSPS) is 11.9. The smallest absolute Gasteiger partial charge is 0.250 e. The van der Waals surface area contributed by atoms with Gasteiger partial charge in [-0.2, -0.15) is 0 Å². The van der Waals surface area contributed by atoms with Crippen LogP contribution in [-0.2, 0) is 0 Å². The van der Waals surface area contributed by atoms with Crippen molar-refractivity contribution < 1.29 is 0 Å². The summed E-state index contributed by atoms with van der Waals surface area (Å²) < 4.78 is 0. The Balaban J connectivity index is 2.57. The molecule has 0 saturated heterocycles. The van der Waals surface area contributed by atoms with Gasteiger partial charge in [-0.1, -0.05) is 19.1 Å². The van der Waals surface area contributed by atoms with Crippen LogP contribution in [0.5, 0.6) is 0 Å². The van der Waals surface area contributed by atoms with Gasteiger partial charge >= 0.3 is 0 Å². The highest BCUT2D eigenvalue weighted by atomic mass is 16.2. The molecule has 0 amide bonds. The molecule has 0 aromatic heterocycles. The molecule has 0 atom stereocenters. The molecule has 1 N–H and O–H groups in total. The number of aryl methyl sites for hydroxylation is 3. The van der Waals surface area contributed by atoms with Crippen LogP contribution in [0.1, 0.15) is 43.9 Å². The lowest BCUT2D eigenvalue weighted by atomic mass is 9.90. The zero-order valence-corrected chi connectivity index (χ0v) is 13.7. The molecule has 0 spiro atoms. The van der Waals surface area contributed by atoms with E-state index in [-0.39, 0.29) is 11.0 Å². The van der Waals surface area contributed by atoms with Crippen molar-refractivity contribution in [3.63, 3.8) is 0 Å². The van der Waals surface area contributed by atoms with E-state index in [9.17, 15) is 9.59 Å². The Kier molecular flexibility index (Phi) is 3.79. The van der Waals surface area contributed by atoms with Gasteiger partial charge in [-0.3, -0.25) is 9.59 Å². The second-order valence-electron chi connectivity index (χ2n) is 6.52. The Morgan fingerprint density at radius 1 is 0.952 bits per heavy atom. The number of hydrogen-bond acceptors (Lipinski definition) is 3. The summed E-state index contributed by atoms with van der Waals surface area (Å²) in [5, 5.41) is 3.24. The fraction of sp³-hybridized carbons (Fsp3) is 0.444. The third-order valence-electron chi connectivity index (χ3n) is 4.37. The first kappa shape index (κ1) is 15.5. The van der Waals surface area contributed by atoms with E-state index in [0.29, 0.717) is 11.3 Å². The molecule has 0 unspecified atom stereocenters. The Morgan fingerprint density at radius 3 is 2.10 bits per heavy atom. The van der Waals surface area contributed by atoms with Gasteiger partial charge in [0.2, 0.25) is 10.9 Å². The molecular weight excluding hydrogens is 262 g/mol. The minimum atomic E-state index is -0.399. The van der Waals surface area contributed by atoms with Crippen molar-refractivity contribution in [3.05, 3.63) is 49.3 Å². The van der Waals surface area contributed by atoms with E-state index in [1.165, 1.54) is 5.56 Å². The Morgan fingerprint density at radius 2 is 1.52 bits per heavy atom. The van der Waals surface area contributed by atoms with Crippen LogP contribution in [0.3, 0.4) is 0 Å². The molecule has 112 valence electrons. The summed E-state index contributed by atoms with van der Waals surface area (Å²) in [4.78, 5) is 24.0. The van der Waals surface area contributed by atoms with Crippen molar-refractivity contribution in [3.8, 4) is 11.1 Å². The largest absolute Gasteiger partial charge is 0.376 e. The van der Waals surface area contributed by atoms with Crippen molar-refractivity contribution in [2.24, 2.45) is 0 Å². The number of benzene rings is 1. The van der Waals surface area contributed by atoms with Crippen molar-refractivity contribution >= 4 is 5.69 Å². The molecule has 3 heteroatoms. The van der Waals surface area contributed by atoms with Gasteiger partial charge in [0.25, 0.3) is 0 Å². The third kappa shape index (κ3) is 2.65. The van der Waals surface area contributed by atoms with Crippen LogP contribution < -0.4 is 16.2 Å². The van der Waals surface area contributed by atoms with E-state index in [1.807, 2.05) is 40.7 Å². The maximum Gasteiger partial charge on any atom is 0.250 e. The van der Waals surface area contributed by atoms with Gasteiger partial charge in [-0.15, -0.1) is 0 Å². The summed E-state index contributed by atoms with van der Waals surface area (Å²) >= 11 is 0. The van der Waals surface area contributed by atoms with Crippen molar-refractivity contribution in [1.82, 2.24) is 0 Å². The first-order valence-electron chi connectivity index (χ1n) is 7.37. The SMILES string of the molecule is CCC(C)(C)Nc1c(-c2cc(C)c(C)cc2C)c(=O)c1=O. The summed E-state index contributed by atoms with van der Waals surface area (Å²) in [6.07, 6.45) is 0.872. The average Bonchev–Trinajstić information content (AvgIpc) is 2.43. The highest BCUT2D eigenvalue weighted by Crippen LogP contribution is 2.31. The van der Waals surface area contributed by atoms with E-state index in [1.54, 1.807) is 0 Å². The number of nitrogens with one attached hydrogen (secondary N) is 1. The van der Waals surface area contributed by atoms with E-state index >= 15 is 0 Å². The zero-order chi connectivity index (χ0) is 15.9. The lowest BCUT2D eigenvalue weighted by Gasteiger charge is -2.28. The number of hydrogen-bond donors (Lipinski definition) is 1. The van der Waals surface area contributed by atoms with Crippen LogP contribution in [0.25, 0.3) is 11.1 Å². The molecule has 2 rings (SSSR count). The van der Waals surface area contributed by atoms with Crippen molar-refractivity contribution in [2.75, 3.05) is 5.32 Å². The second-order valence-corrected chi connectivity index (χ2v) is 6.52. The molecule has 2 aromatic rings. The molecule has 0 radical (unpaired) electrons. The van der Waals surface area contributed by atoms with Gasteiger partial charge in [0.05, 0.1) is 11.3 Å². The molecule has 0 aliphatic rings. The van der Waals surface area contributed by atoms with Gasteiger partial charge in [-0.25, -0.2) is 0 Å². The van der Waals surface area contributed by atoms with E-state index in [2.05, 4.69) is 18.3 Å². The first-order valence-corrected chi connectivity index (χ1v) is 7.37. The number of rotatable bonds is 4. The van der Waals surface area contributed by atoms with Gasteiger partial charge in [0, 0.05) is 5.54 Å². The summed E-state index contributed by atoms with van der Waals surface area (Å²) in [5.74, 6) is 0. The van der Waals surface area contributed by atoms with Crippen LogP contribution in [0.2, 0.25) is 0 Å². The Labute approximate surface area is 125 Å². The molecule has 0 heterocycles. The topological polar surface area (TPSA) is 46.2 Å². The van der Waals surface area contributed by atoms with Crippen LogP contribution in [-0.4, -0.2) is 5.54 Å². The lowest BCUT2D eigenvalue weighted by molar-refractivity contribution is 0.546. The van der Waals surface area contributed by atoms with Crippen LogP contribution in [0, 0.1) is 20.8 Å². The molecule has 0 aliphatic carbocycles. The Bertz CT molecular complexity index is 762. The molecule has 0 bridgehead atoms. The highest BCUT2D eigenvalue weighted by Gasteiger charge is 2.27. The van der Waals surface area contributed by atoms with Crippen LogP contribution in [0.15, 0.2) is 21.7 Å². The maximum atomic E-state index is 12.0. The van der Waals surface area contributed by atoms with Crippen molar-refractivity contribution in [1.29, 1.82) is 0 Å². The molecule has 21 heavy (non-hydrogen) atoms. The van der Waals surface area contributed by atoms with Crippen LogP contribution >= 0.6 is 0 Å². The summed E-state index contributed by atoms with van der Waals surface area (Å²) in [5.41, 5.74) is 4.26. The first-order chi connectivity index (χ1) is 9.68. The maximum absolute atomic E-state index is 12.0.